The van der Waals surface area contributed by atoms with Gasteiger partial charge in [-0.15, -0.1) is 11.3 Å². The van der Waals surface area contributed by atoms with Crippen molar-refractivity contribution in [2.24, 2.45) is 5.92 Å². The van der Waals surface area contributed by atoms with E-state index < -0.39 is 0 Å². The zero-order valence-corrected chi connectivity index (χ0v) is 15.5. The van der Waals surface area contributed by atoms with Crippen molar-refractivity contribution in [3.63, 3.8) is 0 Å². The number of rotatable bonds is 5. The minimum Gasteiger partial charge on any atom is -0.333 e. The zero-order valence-electron chi connectivity index (χ0n) is 14.7. The average Bonchev–Trinajstić information content (AvgIpc) is 3.08. The SMILES string of the molecule is Cc1ccc2[nH]c(=O)c(CN(CC(C)C)C(=O)c3cccs3)cc2c1. The maximum Gasteiger partial charge on any atom is 0.264 e. The van der Waals surface area contributed by atoms with Crippen LogP contribution in [0, 0.1) is 12.8 Å². The van der Waals surface area contributed by atoms with Crippen LogP contribution in [0.25, 0.3) is 10.9 Å². The first-order chi connectivity index (χ1) is 11.9. The minimum absolute atomic E-state index is 0.0209. The van der Waals surface area contributed by atoms with E-state index in [1.54, 1.807) is 4.90 Å². The molecule has 130 valence electrons. The summed E-state index contributed by atoms with van der Waals surface area (Å²) >= 11 is 1.43. The van der Waals surface area contributed by atoms with Crippen molar-refractivity contribution >= 4 is 28.1 Å². The second-order valence-corrected chi connectivity index (χ2v) is 7.72. The van der Waals surface area contributed by atoms with Crippen LogP contribution in [0.1, 0.15) is 34.6 Å². The average molecular weight is 354 g/mol. The van der Waals surface area contributed by atoms with Gasteiger partial charge < -0.3 is 9.88 Å². The van der Waals surface area contributed by atoms with Crippen LogP contribution in [0.5, 0.6) is 0 Å². The molecule has 0 saturated heterocycles. The summed E-state index contributed by atoms with van der Waals surface area (Å²) in [6.45, 7) is 7.09. The van der Waals surface area contributed by atoms with Crippen molar-refractivity contribution < 1.29 is 4.79 Å². The number of pyridine rings is 1. The number of hydrogen-bond acceptors (Lipinski definition) is 3. The lowest BCUT2D eigenvalue weighted by molar-refractivity contribution is 0.0727. The number of aryl methyl sites for hydroxylation is 1. The van der Waals surface area contributed by atoms with Gasteiger partial charge in [0.15, 0.2) is 0 Å². The maximum atomic E-state index is 12.8. The van der Waals surface area contributed by atoms with Crippen LogP contribution in [0.2, 0.25) is 0 Å². The molecule has 0 spiro atoms. The van der Waals surface area contributed by atoms with Crippen LogP contribution in [0.4, 0.5) is 0 Å². The Kier molecular flexibility index (Phi) is 5.04. The first-order valence-electron chi connectivity index (χ1n) is 8.39. The van der Waals surface area contributed by atoms with E-state index in [0.717, 1.165) is 16.5 Å². The second-order valence-electron chi connectivity index (χ2n) is 6.77. The van der Waals surface area contributed by atoms with Crippen LogP contribution in [-0.2, 0) is 6.54 Å². The molecule has 0 unspecified atom stereocenters. The molecule has 25 heavy (non-hydrogen) atoms. The number of nitrogens with zero attached hydrogens (tertiary/aromatic N) is 1. The molecule has 2 aromatic heterocycles. The van der Waals surface area contributed by atoms with Gasteiger partial charge in [0.2, 0.25) is 0 Å². The molecule has 0 saturated carbocycles. The molecule has 0 bridgehead atoms. The summed E-state index contributed by atoms with van der Waals surface area (Å²) in [5.74, 6) is 0.304. The van der Waals surface area contributed by atoms with Gasteiger partial charge in [0.1, 0.15) is 0 Å². The van der Waals surface area contributed by atoms with E-state index in [2.05, 4.69) is 18.8 Å². The Balaban J connectivity index is 1.96. The fourth-order valence-corrected chi connectivity index (χ4v) is 3.60. The van der Waals surface area contributed by atoms with Gasteiger partial charge in [0.05, 0.1) is 11.4 Å². The maximum absolute atomic E-state index is 12.8. The van der Waals surface area contributed by atoms with Crippen molar-refractivity contribution in [1.82, 2.24) is 9.88 Å². The molecular weight excluding hydrogens is 332 g/mol. The third kappa shape index (κ3) is 3.99. The molecule has 0 radical (unpaired) electrons. The number of benzene rings is 1. The molecular formula is C20H22N2O2S. The fraction of sp³-hybridized carbons (Fsp3) is 0.300. The topological polar surface area (TPSA) is 53.2 Å². The number of fused-ring (bicyclic) bond motifs is 1. The summed E-state index contributed by atoms with van der Waals surface area (Å²) in [5, 5.41) is 2.88. The molecule has 0 aliphatic heterocycles. The first kappa shape index (κ1) is 17.4. The smallest absolute Gasteiger partial charge is 0.264 e. The molecule has 3 rings (SSSR count). The van der Waals surface area contributed by atoms with Crippen molar-refractivity contribution in [1.29, 1.82) is 0 Å². The van der Waals surface area contributed by atoms with Crippen molar-refractivity contribution in [2.75, 3.05) is 6.54 Å². The first-order valence-corrected chi connectivity index (χ1v) is 9.27. The lowest BCUT2D eigenvalue weighted by Gasteiger charge is -2.24. The molecule has 5 heteroatoms. The number of H-pyrrole nitrogens is 1. The Labute approximate surface area is 151 Å². The molecule has 0 aliphatic carbocycles. The quantitative estimate of drug-likeness (QED) is 0.747. The van der Waals surface area contributed by atoms with Crippen molar-refractivity contribution in [2.45, 2.75) is 27.3 Å². The predicted molar refractivity (Wildman–Crippen MR) is 103 cm³/mol. The minimum atomic E-state index is -0.135. The molecule has 3 aromatic rings. The third-order valence-corrected chi connectivity index (χ3v) is 4.90. The number of carbonyl (C=O) groups excluding carboxylic acids is 1. The summed E-state index contributed by atoms with van der Waals surface area (Å²) in [6.07, 6.45) is 0. The zero-order chi connectivity index (χ0) is 18.0. The molecule has 2 heterocycles. The van der Waals surface area contributed by atoms with E-state index in [9.17, 15) is 9.59 Å². The monoisotopic (exact) mass is 354 g/mol. The van der Waals surface area contributed by atoms with E-state index in [1.807, 2.05) is 48.7 Å². The summed E-state index contributed by atoms with van der Waals surface area (Å²) in [4.78, 5) is 30.7. The van der Waals surface area contributed by atoms with E-state index in [0.29, 0.717) is 29.4 Å². The van der Waals surface area contributed by atoms with Gasteiger partial charge in [-0.3, -0.25) is 9.59 Å². The van der Waals surface area contributed by atoms with Crippen LogP contribution < -0.4 is 5.56 Å². The number of carbonyl (C=O) groups is 1. The highest BCUT2D eigenvalue weighted by Gasteiger charge is 2.19. The molecule has 4 nitrogen and oxygen atoms in total. The van der Waals surface area contributed by atoms with E-state index >= 15 is 0 Å². The number of aromatic nitrogens is 1. The summed E-state index contributed by atoms with van der Waals surface area (Å²) in [6, 6.07) is 11.5. The van der Waals surface area contributed by atoms with Crippen LogP contribution in [0.15, 0.2) is 46.6 Å². The largest absolute Gasteiger partial charge is 0.333 e. The second kappa shape index (κ2) is 7.23. The van der Waals surface area contributed by atoms with Gasteiger partial charge in [0.25, 0.3) is 11.5 Å². The Morgan fingerprint density at radius 3 is 2.72 bits per heavy atom. The predicted octanol–water partition coefficient (Wildman–Crippen LogP) is 4.20. The van der Waals surface area contributed by atoms with E-state index in [-0.39, 0.29) is 11.5 Å². The van der Waals surface area contributed by atoms with Crippen molar-refractivity contribution in [3.05, 3.63) is 68.1 Å². The molecule has 0 aliphatic rings. The van der Waals surface area contributed by atoms with Crippen LogP contribution >= 0.6 is 11.3 Å². The Morgan fingerprint density at radius 2 is 2.04 bits per heavy atom. The normalized spacial score (nSPS) is 11.2. The van der Waals surface area contributed by atoms with Crippen LogP contribution in [0.3, 0.4) is 0 Å². The lowest BCUT2D eigenvalue weighted by atomic mass is 10.1. The fourth-order valence-electron chi connectivity index (χ4n) is 2.91. The summed E-state index contributed by atoms with van der Waals surface area (Å²) < 4.78 is 0. The molecule has 1 aromatic carbocycles. The number of thiophene rings is 1. The number of amides is 1. The number of hydrogen-bond donors (Lipinski definition) is 1. The summed E-state index contributed by atoms with van der Waals surface area (Å²) in [7, 11) is 0. The molecule has 0 fully saturated rings. The molecule has 1 amide bonds. The van der Waals surface area contributed by atoms with Crippen LogP contribution in [-0.4, -0.2) is 22.3 Å². The summed E-state index contributed by atoms with van der Waals surface area (Å²) in [5.41, 5.74) is 2.44. The highest BCUT2D eigenvalue weighted by molar-refractivity contribution is 7.12. The van der Waals surface area contributed by atoms with Gasteiger partial charge in [-0.25, -0.2) is 0 Å². The van der Waals surface area contributed by atoms with Gasteiger partial charge in [-0.2, -0.15) is 0 Å². The van der Waals surface area contributed by atoms with Gasteiger partial charge in [-0.05, 0) is 47.9 Å². The van der Waals surface area contributed by atoms with E-state index in [1.165, 1.54) is 11.3 Å². The molecule has 0 atom stereocenters. The Bertz CT molecular complexity index is 942. The number of nitrogens with one attached hydrogen (secondary N) is 1. The highest BCUT2D eigenvalue weighted by Crippen LogP contribution is 2.17. The standard InChI is InChI=1S/C20H22N2O2S/c1-13(2)11-22(20(24)18-5-4-8-25-18)12-16-10-15-9-14(3)6-7-17(15)21-19(16)23/h4-10,13H,11-12H2,1-3H3,(H,21,23). The lowest BCUT2D eigenvalue weighted by Crippen LogP contribution is -2.35. The van der Waals surface area contributed by atoms with E-state index in [4.69, 9.17) is 0 Å². The van der Waals surface area contributed by atoms with Crippen molar-refractivity contribution in [3.8, 4) is 0 Å². The van der Waals surface area contributed by atoms with Gasteiger partial charge in [0, 0.05) is 17.6 Å². The van der Waals surface area contributed by atoms with Gasteiger partial charge >= 0.3 is 0 Å². The van der Waals surface area contributed by atoms with Gasteiger partial charge in [-0.1, -0.05) is 31.5 Å². The Hall–Kier alpha value is -2.40. The highest BCUT2D eigenvalue weighted by atomic mass is 32.1. The number of aromatic amines is 1. The third-order valence-electron chi connectivity index (χ3n) is 4.04. The molecule has 1 N–H and O–H groups in total. The Morgan fingerprint density at radius 1 is 1.24 bits per heavy atom.